The monoisotopic (exact) mass is 219 g/mol. The zero-order chi connectivity index (χ0) is 9.68. The van der Waals surface area contributed by atoms with Crippen molar-refractivity contribution in [2.45, 2.75) is 11.3 Å². The van der Waals surface area contributed by atoms with Gasteiger partial charge in [0, 0.05) is 6.54 Å². The first-order valence-corrected chi connectivity index (χ1v) is 5.44. The molecule has 0 aromatic carbocycles. The zero-order valence-corrected chi connectivity index (χ0v) is 8.61. The highest BCUT2D eigenvalue weighted by Gasteiger charge is 2.05. The van der Waals surface area contributed by atoms with Crippen LogP contribution in [0.25, 0.3) is 0 Å². The fraction of sp³-hybridized carbons (Fsp3) is 0.500. The van der Waals surface area contributed by atoms with Gasteiger partial charge in [0.2, 0.25) is 5.13 Å². The Morgan fingerprint density at radius 1 is 1.69 bits per heavy atom. The van der Waals surface area contributed by atoms with Crippen molar-refractivity contribution in [1.82, 2.24) is 10.2 Å². The number of nitrogens with one attached hydrogen (secondary N) is 1. The van der Waals surface area contributed by atoms with Crippen molar-refractivity contribution in [2.24, 2.45) is 0 Å². The average Bonchev–Trinajstić information content (AvgIpc) is 2.50. The van der Waals surface area contributed by atoms with Gasteiger partial charge < -0.3 is 10.4 Å². The molecule has 13 heavy (non-hydrogen) atoms. The van der Waals surface area contributed by atoms with Gasteiger partial charge in [0.15, 0.2) is 4.34 Å². The van der Waals surface area contributed by atoms with E-state index in [1.165, 1.54) is 23.1 Å². The van der Waals surface area contributed by atoms with Crippen LogP contribution < -0.4 is 5.32 Å². The second-order valence-electron chi connectivity index (χ2n) is 2.09. The molecule has 5 nitrogen and oxygen atoms in total. The Kier molecular flexibility index (Phi) is 3.97. The van der Waals surface area contributed by atoms with E-state index >= 15 is 0 Å². The largest absolute Gasteiger partial charge is 0.481 e. The Morgan fingerprint density at radius 2 is 2.46 bits per heavy atom. The van der Waals surface area contributed by atoms with Crippen LogP contribution in [0, 0.1) is 0 Å². The van der Waals surface area contributed by atoms with Crippen molar-refractivity contribution in [2.75, 3.05) is 17.6 Å². The van der Waals surface area contributed by atoms with Gasteiger partial charge in [0.05, 0.1) is 5.75 Å². The minimum atomic E-state index is -0.842. The molecule has 1 aromatic heterocycles. The summed E-state index contributed by atoms with van der Waals surface area (Å²) in [5.74, 6) is -0.814. The third-order valence-electron chi connectivity index (χ3n) is 1.05. The van der Waals surface area contributed by atoms with Crippen molar-refractivity contribution in [3.05, 3.63) is 0 Å². The van der Waals surface area contributed by atoms with Gasteiger partial charge >= 0.3 is 5.97 Å². The summed E-state index contributed by atoms with van der Waals surface area (Å²) in [5.41, 5.74) is 0. The highest BCUT2D eigenvalue weighted by Crippen LogP contribution is 2.24. The molecule has 1 rings (SSSR count). The quantitative estimate of drug-likeness (QED) is 0.723. The van der Waals surface area contributed by atoms with Crippen LogP contribution in [0.2, 0.25) is 0 Å². The summed E-state index contributed by atoms with van der Waals surface area (Å²) in [4.78, 5) is 10.2. The van der Waals surface area contributed by atoms with Crippen LogP contribution in [0.15, 0.2) is 4.34 Å². The summed E-state index contributed by atoms with van der Waals surface area (Å²) in [6, 6.07) is 0. The first-order valence-electron chi connectivity index (χ1n) is 3.64. The summed E-state index contributed by atoms with van der Waals surface area (Å²) in [7, 11) is 0. The average molecular weight is 219 g/mol. The Hall–Kier alpha value is -0.820. The lowest BCUT2D eigenvalue weighted by molar-refractivity contribution is -0.133. The summed E-state index contributed by atoms with van der Waals surface area (Å²) in [6.07, 6.45) is 0. The molecule has 0 saturated heterocycles. The third-order valence-corrected chi connectivity index (χ3v) is 3.05. The molecule has 0 aliphatic heterocycles. The van der Waals surface area contributed by atoms with Crippen LogP contribution in [0.4, 0.5) is 5.13 Å². The maximum atomic E-state index is 10.2. The van der Waals surface area contributed by atoms with E-state index in [2.05, 4.69) is 15.5 Å². The van der Waals surface area contributed by atoms with E-state index in [4.69, 9.17) is 5.11 Å². The Labute approximate surface area is 83.6 Å². The van der Waals surface area contributed by atoms with Crippen LogP contribution in [0.3, 0.4) is 0 Å². The number of hydrogen-bond acceptors (Lipinski definition) is 6. The van der Waals surface area contributed by atoms with Crippen molar-refractivity contribution >= 4 is 34.2 Å². The normalized spacial score (nSPS) is 9.92. The number of anilines is 1. The van der Waals surface area contributed by atoms with Gasteiger partial charge in [-0.25, -0.2) is 0 Å². The number of carboxylic acids is 1. The van der Waals surface area contributed by atoms with E-state index in [0.717, 1.165) is 11.7 Å². The van der Waals surface area contributed by atoms with Gasteiger partial charge in [0.1, 0.15) is 0 Å². The molecule has 2 N–H and O–H groups in total. The van der Waals surface area contributed by atoms with E-state index in [9.17, 15) is 4.79 Å². The molecule has 0 radical (unpaired) electrons. The number of aromatic nitrogens is 2. The third kappa shape index (κ3) is 3.60. The topological polar surface area (TPSA) is 75.1 Å². The molecule has 0 atom stereocenters. The Balaban J connectivity index is 2.44. The van der Waals surface area contributed by atoms with E-state index < -0.39 is 5.97 Å². The number of rotatable bonds is 5. The number of hydrogen-bond donors (Lipinski definition) is 2. The maximum absolute atomic E-state index is 10.2. The summed E-state index contributed by atoms with van der Waals surface area (Å²) in [6.45, 7) is 2.75. The number of nitrogens with zero attached hydrogens (tertiary/aromatic N) is 2. The minimum absolute atomic E-state index is 0.0285. The van der Waals surface area contributed by atoms with Crippen molar-refractivity contribution in [3.8, 4) is 0 Å². The number of carbonyl (C=O) groups is 1. The van der Waals surface area contributed by atoms with Crippen molar-refractivity contribution in [1.29, 1.82) is 0 Å². The number of thioether (sulfide) groups is 1. The highest BCUT2D eigenvalue weighted by atomic mass is 32.2. The lowest BCUT2D eigenvalue weighted by atomic mass is 10.8. The second kappa shape index (κ2) is 5.03. The smallest absolute Gasteiger partial charge is 0.313 e. The van der Waals surface area contributed by atoms with Gasteiger partial charge in [-0.3, -0.25) is 4.79 Å². The number of carboxylic acid groups (broad SMARTS) is 1. The lowest BCUT2D eigenvalue weighted by Gasteiger charge is -1.91. The Morgan fingerprint density at radius 3 is 3.08 bits per heavy atom. The minimum Gasteiger partial charge on any atom is -0.481 e. The van der Waals surface area contributed by atoms with E-state index in [1.54, 1.807) is 0 Å². The molecule has 0 aliphatic rings. The molecule has 1 aromatic rings. The first-order chi connectivity index (χ1) is 6.22. The van der Waals surface area contributed by atoms with Gasteiger partial charge in [0.25, 0.3) is 0 Å². The molecule has 72 valence electrons. The predicted molar refractivity (Wildman–Crippen MR) is 52.4 cm³/mol. The Bertz CT molecular complexity index is 289. The van der Waals surface area contributed by atoms with Crippen molar-refractivity contribution in [3.63, 3.8) is 0 Å². The van der Waals surface area contributed by atoms with E-state index in [0.29, 0.717) is 4.34 Å². The summed E-state index contributed by atoms with van der Waals surface area (Å²) in [5, 5.41) is 19.8. The first kappa shape index (κ1) is 10.3. The van der Waals surface area contributed by atoms with Crippen LogP contribution in [0.5, 0.6) is 0 Å². The van der Waals surface area contributed by atoms with Crippen LogP contribution in [-0.4, -0.2) is 33.6 Å². The van der Waals surface area contributed by atoms with Gasteiger partial charge in [-0.05, 0) is 6.92 Å². The molecule has 0 amide bonds. The van der Waals surface area contributed by atoms with Gasteiger partial charge in [-0.2, -0.15) is 0 Å². The van der Waals surface area contributed by atoms with Crippen LogP contribution in [-0.2, 0) is 4.79 Å². The maximum Gasteiger partial charge on any atom is 0.313 e. The highest BCUT2D eigenvalue weighted by molar-refractivity contribution is 8.01. The molecule has 0 unspecified atom stereocenters. The summed E-state index contributed by atoms with van der Waals surface area (Å²) >= 11 is 2.55. The molecule has 0 aliphatic carbocycles. The molecule has 0 bridgehead atoms. The zero-order valence-electron chi connectivity index (χ0n) is 6.98. The van der Waals surface area contributed by atoms with Gasteiger partial charge in [-0.1, -0.05) is 23.1 Å². The molecule has 7 heteroatoms. The molecule has 0 fully saturated rings. The SMILES string of the molecule is CCNc1nnc(SCC(=O)O)s1. The van der Waals surface area contributed by atoms with Crippen LogP contribution >= 0.6 is 23.1 Å². The number of aliphatic carboxylic acids is 1. The van der Waals surface area contributed by atoms with Crippen LogP contribution in [0.1, 0.15) is 6.92 Å². The fourth-order valence-corrected chi connectivity index (χ4v) is 2.15. The molecule has 0 spiro atoms. The standard InChI is InChI=1S/C6H9N3O2S2/c1-2-7-5-8-9-6(13-5)12-3-4(10)11/h2-3H2,1H3,(H,7,8)(H,10,11). The van der Waals surface area contributed by atoms with E-state index in [-0.39, 0.29) is 5.75 Å². The lowest BCUT2D eigenvalue weighted by Crippen LogP contribution is -1.96. The van der Waals surface area contributed by atoms with Crippen molar-refractivity contribution < 1.29 is 9.90 Å². The summed E-state index contributed by atoms with van der Waals surface area (Å²) < 4.78 is 0.679. The molecular formula is C6H9N3O2S2. The molecular weight excluding hydrogens is 210 g/mol. The molecule has 0 saturated carbocycles. The fourth-order valence-electron chi connectivity index (χ4n) is 0.614. The predicted octanol–water partition coefficient (Wildman–Crippen LogP) is 1.15. The second-order valence-corrected chi connectivity index (χ2v) is 4.29. The van der Waals surface area contributed by atoms with Gasteiger partial charge in [-0.15, -0.1) is 10.2 Å². The van der Waals surface area contributed by atoms with E-state index in [1.807, 2.05) is 6.92 Å². The molecule has 1 heterocycles.